The van der Waals surface area contributed by atoms with Crippen molar-refractivity contribution in [2.45, 2.75) is 71.3 Å². The van der Waals surface area contributed by atoms with Crippen molar-refractivity contribution < 1.29 is 29.0 Å². The summed E-state index contributed by atoms with van der Waals surface area (Å²) < 4.78 is 10.4. The van der Waals surface area contributed by atoms with Crippen molar-refractivity contribution in [1.29, 1.82) is 0 Å². The van der Waals surface area contributed by atoms with Gasteiger partial charge in [-0.1, -0.05) is 0 Å². The lowest BCUT2D eigenvalue weighted by Gasteiger charge is -2.60. The number of ether oxygens (including phenoxy) is 2. The van der Waals surface area contributed by atoms with E-state index in [1.54, 1.807) is 20.8 Å². The summed E-state index contributed by atoms with van der Waals surface area (Å²) in [6.45, 7) is 5.00. The number of hydrogen-bond donors (Lipinski definition) is 2. The third kappa shape index (κ3) is 3.80. The van der Waals surface area contributed by atoms with E-state index in [1.165, 1.54) is 0 Å². The van der Waals surface area contributed by atoms with E-state index in [2.05, 4.69) is 4.98 Å². The molecule has 1 heterocycles. The highest BCUT2D eigenvalue weighted by molar-refractivity contribution is 6.02. The van der Waals surface area contributed by atoms with Gasteiger partial charge < -0.3 is 19.6 Å². The number of nitrogens with one attached hydrogen (secondary N) is 1. The number of ketones is 1. The minimum Gasteiger partial charge on any atom is -0.462 e. The summed E-state index contributed by atoms with van der Waals surface area (Å²) in [6.07, 6.45) is 5.71. The van der Waals surface area contributed by atoms with Gasteiger partial charge in [-0.05, 0) is 82.1 Å². The maximum atomic E-state index is 12.6. The number of rotatable bonds is 7. The minimum atomic E-state index is -0.622. The Balaban J connectivity index is 1.37. The Morgan fingerprint density at radius 3 is 2.37 bits per heavy atom. The van der Waals surface area contributed by atoms with Gasteiger partial charge in [-0.15, -0.1) is 0 Å². The van der Waals surface area contributed by atoms with Crippen molar-refractivity contribution in [3.8, 4) is 0 Å². The monoisotopic (exact) mass is 417 g/mol. The van der Waals surface area contributed by atoms with Crippen molar-refractivity contribution in [2.75, 3.05) is 13.2 Å². The van der Waals surface area contributed by atoms with Gasteiger partial charge >= 0.3 is 11.9 Å². The minimum absolute atomic E-state index is 0.186. The first kappa shape index (κ1) is 21.1. The average Bonchev–Trinajstić information content (AvgIpc) is 2.91. The van der Waals surface area contributed by atoms with Crippen LogP contribution in [0, 0.1) is 31.1 Å². The molecular weight excluding hydrogens is 386 g/mol. The van der Waals surface area contributed by atoms with Gasteiger partial charge in [-0.25, -0.2) is 4.79 Å². The smallest absolute Gasteiger partial charge is 0.340 e. The summed E-state index contributed by atoms with van der Waals surface area (Å²) in [5.41, 5.74) is 0.885. The zero-order valence-electron chi connectivity index (χ0n) is 18.0. The van der Waals surface area contributed by atoms with Crippen LogP contribution in [0.3, 0.4) is 0 Å². The molecule has 0 aromatic carbocycles. The number of Topliss-reactive ketones (excluding diaryl/α,β-unsaturated/α-hetero) is 1. The fourth-order valence-electron chi connectivity index (χ4n) is 6.72. The van der Waals surface area contributed by atoms with E-state index < -0.39 is 11.6 Å². The quantitative estimate of drug-likeness (QED) is 0.521. The number of aromatic amines is 1. The molecule has 7 nitrogen and oxygen atoms in total. The molecule has 1 aromatic heterocycles. The Labute approximate surface area is 176 Å². The van der Waals surface area contributed by atoms with E-state index in [9.17, 15) is 19.5 Å². The van der Waals surface area contributed by atoms with Gasteiger partial charge in [-0.3, -0.25) is 9.59 Å². The molecule has 1 aromatic rings. The van der Waals surface area contributed by atoms with Crippen LogP contribution in [0.2, 0.25) is 0 Å². The fraction of sp³-hybridized carbons (Fsp3) is 0.696. The number of aryl methyl sites for hydroxylation is 1. The predicted octanol–water partition coefficient (Wildman–Crippen LogP) is 3.26. The molecule has 4 aliphatic rings. The maximum Gasteiger partial charge on any atom is 0.340 e. The topological polar surface area (TPSA) is 106 Å². The lowest BCUT2D eigenvalue weighted by molar-refractivity contribution is -0.176. The number of aromatic nitrogens is 1. The van der Waals surface area contributed by atoms with E-state index >= 15 is 0 Å². The van der Waals surface area contributed by atoms with Gasteiger partial charge in [-0.2, -0.15) is 0 Å². The first-order chi connectivity index (χ1) is 14.1. The molecule has 0 spiro atoms. The number of H-pyrrole nitrogens is 1. The fourth-order valence-corrected chi connectivity index (χ4v) is 6.72. The lowest BCUT2D eigenvalue weighted by Crippen LogP contribution is -2.56. The molecule has 5 rings (SSSR count). The molecule has 4 atom stereocenters. The highest BCUT2D eigenvalue weighted by Crippen LogP contribution is 2.62. The highest BCUT2D eigenvalue weighted by atomic mass is 16.5. The van der Waals surface area contributed by atoms with Crippen LogP contribution in [0.1, 0.15) is 84.0 Å². The SMILES string of the molecule is CCOC(=O)c1c(C)[nH]c(C(=O)COC(=O)CC23C[C@@H]4C[C@@H](CC(O)(C4)C2)C3)c1C. The summed E-state index contributed by atoms with van der Waals surface area (Å²) >= 11 is 0. The van der Waals surface area contributed by atoms with Crippen LogP contribution in [0.4, 0.5) is 0 Å². The normalized spacial score (nSPS) is 31.6. The number of carbonyl (C=O) groups is 3. The Morgan fingerprint density at radius 2 is 1.77 bits per heavy atom. The van der Waals surface area contributed by atoms with E-state index in [0.717, 1.165) is 32.1 Å². The van der Waals surface area contributed by atoms with E-state index in [1.807, 2.05) is 0 Å². The summed E-state index contributed by atoms with van der Waals surface area (Å²) in [4.78, 5) is 40.2. The Morgan fingerprint density at radius 1 is 1.10 bits per heavy atom. The number of aliphatic hydroxyl groups is 1. The molecule has 4 bridgehead atoms. The second-order valence-corrected chi connectivity index (χ2v) is 9.79. The summed E-state index contributed by atoms with van der Waals surface area (Å²) in [5, 5.41) is 10.8. The Bertz CT molecular complexity index is 870. The van der Waals surface area contributed by atoms with E-state index in [-0.39, 0.29) is 42.5 Å². The second kappa shape index (κ2) is 7.52. The van der Waals surface area contributed by atoms with Gasteiger partial charge in [0.05, 0.1) is 29.9 Å². The van der Waals surface area contributed by atoms with Crippen LogP contribution < -0.4 is 0 Å². The first-order valence-electron chi connectivity index (χ1n) is 10.9. The summed E-state index contributed by atoms with van der Waals surface area (Å²) in [5.74, 6) is -0.239. The van der Waals surface area contributed by atoms with E-state index in [4.69, 9.17) is 9.47 Å². The van der Waals surface area contributed by atoms with Crippen molar-refractivity contribution in [2.24, 2.45) is 17.3 Å². The van der Waals surface area contributed by atoms with Crippen molar-refractivity contribution in [1.82, 2.24) is 4.98 Å². The molecule has 2 N–H and O–H groups in total. The van der Waals surface area contributed by atoms with E-state index in [0.29, 0.717) is 35.1 Å². The van der Waals surface area contributed by atoms with Gasteiger partial charge in [0.2, 0.25) is 5.78 Å². The van der Waals surface area contributed by atoms with Gasteiger partial charge in [0.25, 0.3) is 0 Å². The third-order valence-electron chi connectivity index (χ3n) is 7.23. The molecule has 4 fully saturated rings. The van der Waals surface area contributed by atoms with Crippen LogP contribution in [-0.4, -0.2) is 46.6 Å². The van der Waals surface area contributed by atoms with Crippen molar-refractivity contribution >= 4 is 17.7 Å². The van der Waals surface area contributed by atoms with Crippen LogP contribution in [0.5, 0.6) is 0 Å². The zero-order chi connectivity index (χ0) is 21.7. The Kier molecular flexibility index (Phi) is 5.29. The maximum absolute atomic E-state index is 12.6. The zero-order valence-corrected chi connectivity index (χ0v) is 18.0. The largest absolute Gasteiger partial charge is 0.462 e. The van der Waals surface area contributed by atoms with Gasteiger partial charge in [0.1, 0.15) is 0 Å². The molecule has 7 heteroatoms. The molecule has 4 aliphatic carbocycles. The van der Waals surface area contributed by atoms with Gasteiger partial charge in [0, 0.05) is 5.69 Å². The summed E-state index contributed by atoms with van der Waals surface area (Å²) in [6, 6.07) is 0. The number of esters is 2. The molecule has 0 saturated heterocycles. The molecule has 0 amide bonds. The molecule has 30 heavy (non-hydrogen) atoms. The molecule has 0 aliphatic heterocycles. The average molecular weight is 418 g/mol. The molecule has 164 valence electrons. The lowest BCUT2D eigenvalue weighted by atomic mass is 9.47. The van der Waals surface area contributed by atoms with Crippen LogP contribution in [0.15, 0.2) is 0 Å². The summed E-state index contributed by atoms with van der Waals surface area (Å²) in [7, 11) is 0. The first-order valence-corrected chi connectivity index (χ1v) is 10.9. The van der Waals surface area contributed by atoms with Gasteiger partial charge in [0.15, 0.2) is 6.61 Å². The van der Waals surface area contributed by atoms with Crippen molar-refractivity contribution in [3.05, 3.63) is 22.5 Å². The molecule has 2 unspecified atom stereocenters. The highest BCUT2D eigenvalue weighted by Gasteiger charge is 2.57. The standard InChI is InChI=1S/C23H31NO6/c1-4-29-21(27)19-13(2)20(24-14(19)3)17(25)11-30-18(26)10-22-6-15-5-16(7-22)9-23(28,8-15)12-22/h15-16,24,28H,4-12H2,1-3H3/t15-,16+,22?,23?. The number of carbonyl (C=O) groups excluding carboxylic acids is 3. The van der Waals surface area contributed by atoms with Crippen molar-refractivity contribution in [3.63, 3.8) is 0 Å². The Hall–Kier alpha value is -2.15. The molecule has 0 radical (unpaired) electrons. The number of hydrogen-bond acceptors (Lipinski definition) is 6. The van der Waals surface area contributed by atoms with Crippen LogP contribution in [-0.2, 0) is 14.3 Å². The second-order valence-electron chi connectivity index (χ2n) is 9.79. The predicted molar refractivity (Wildman–Crippen MR) is 108 cm³/mol. The van der Waals surface area contributed by atoms with Crippen LogP contribution in [0.25, 0.3) is 0 Å². The van der Waals surface area contributed by atoms with Crippen LogP contribution >= 0.6 is 0 Å². The molecule has 4 saturated carbocycles. The molecular formula is C23H31NO6. The third-order valence-corrected chi connectivity index (χ3v) is 7.23.